The van der Waals surface area contributed by atoms with Gasteiger partial charge in [0.1, 0.15) is 6.10 Å². The molecule has 1 aliphatic heterocycles. The van der Waals surface area contributed by atoms with E-state index < -0.39 is 16.9 Å². The lowest BCUT2D eigenvalue weighted by atomic mass is 10.2. The smallest absolute Gasteiger partial charge is 0.414 e. The van der Waals surface area contributed by atoms with Crippen LogP contribution >= 0.6 is 0 Å². The van der Waals surface area contributed by atoms with Crippen molar-refractivity contribution in [2.45, 2.75) is 24.8 Å². The lowest BCUT2D eigenvalue weighted by Crippen LogP contribution is -2.33. The molecule has 1 aromatic carbocycles. The molecule has 0 saturated carbocycles. The predicted molar refractivity (Wildman–Crippen MR) is 79.7 cm³/mol. The van der Waals surface area contributed by atoms with E-state index in [1.165, 1.54) is 11.8 Å². The Labute approximate surface area is 125 Å². The summed E-state index contributed by atoms with van der Waals surface area (Å²) in [5.74, 6) is 0.403. The summed E-state index contributed by atoms with van der Waals surface area (Å²) < 4.78 is 16.9. The summed E-state index contributed by atoms with van der Waals surface area (Å²) in [4.78, 5) is 24.9. The van der Waals surface area contributed by atoms with Gasteiger partial charge in [0, 0.05) is 23.3 Å². The number of hydrogen-bond acceptors (Lipinski definition) is 4. The number of anilines is 1. The van der Waals surface area contributed by atoms with E-state index in [4.69, 9.17) is 4.74 Å². The summed E-state index contributed by atoms with van der Waals surface area (Å²) >= 11 is 0. The van der Waals surface area contributed by atoms with E-state index in [2.05, 4.69) is 5.32 Å². The van der Waals surface area contributed by atoms with Gasteiger partial charge in [-0.3, -0.25) is 13.9 Å². The van der Waals surface area contributed by atoms with Crippen molar-refractivity contribution in [3.63, 3.8) is 0 Å². The molecule has 6 nitrogen and oxygen atoms in total. The first-order valence-electron chi connectivity index (χ1n) is 6.72. The number of nitrogens with one attached hydrogen (secondary N) is 1. The largest absolute Gasteiger partial charge is 0.442 e. The molecular formula is C14H18N2O4S. The number of benzene rings is 1. The van der Waals surface area contributed by atoms with Crippen LogP contribution in [0.15, 0.2) is 29.2 Å². The number of carbonyl (C=O) groups is 2. The Kier molecular flexibility index (Phi) is 4.95. The molecule has 2 atom stereocenters. The van der Waals surface area contributed by atoms with Crippen molar-refractivity contribution in [1.82, 2.24) is 5.32 Å². The highest BCUT2D eigenvalue weighted by Crippen LogP contribution is 2.22. The highest BCUT2D eigenvalue weighted by atomic mass is 32.2. The number of amides is 2. The van der Waals surface area contributed by atoms with Crippen LogP contribution in [0.4, 0.5) is 10.5 Å². The van der Waals surface area contributed by atoms with Gasteiger partial charge in [-0.15, -0.1) is 0 Å². The Bertz CT molecular complexity index is 559. The van der Waals surface area contributed by atoms with Crippen molar-refractivity contribution < 1.29 is 18.5 Å². The average molecular weight is 310 g/mol. The third-order valence-corrected chi connectivity index (χ3v) is 4.45. The van der Waals surface area contributed by atoms with E-state index in [-0.39, 0.29) is 12.0 Å². The topological polar surface area (TPSA) is 75.7 Å². The van der Waals surface area contributed by atoms with Crippen LogP contribution in [0.1, 0.15) is 13.8 Å². The van der Waals surface area contributed by atoms with Crippen molar-refractivity contribution in [2.75, 3.05) is 23.7 Å². The maximum Gasteiger partial charge on any atom is 0.414 e. The van der Waals surface area contributed by atoms with Gasteiger partial charge < -0.3 is 10.1 Å². The van der Waals surface area contributed by atoms with Crippen LogP contribution in [0.25, 0.3) is 0 Å². The average Bonchev–Trinajstić information content (AvgIpc) is 2.85. The Morgan fingerprint density at radius 3 is 2.67 bits per heavy atom. The van der Waals surface area contributed by atoms with E-state index in [0.717, 1.165) is 4.90 Å². The summed E-state index contributed by atoms with van der Waals surface area (Å²) in [6.45, 7) is 3.96. The van der Waals surface area contributed by atoms with Crippen molar-refractivity contribution in [1.29, 1.82) is 0 Å². The van der Waals surface area contributed by atoms with Crippen LogP contribution < -0.4 is 10.2 Å². The second kappa shape index (κ2) is 6.71. The van der Waals surface area contributed by atoms with Crippen molar-refractivity contribution in [2.24, 2.45) is 0 Å². The third kappa shape index (κ3) is 3.81. The van der Waals surface area contributed by atoms with Gasteiger partial charge in [0.2, 0.25) is 5.91 Å². The fourth-order valence-corrected chi connectivity index (χ4v) is 2.81. The predicted octanol–water partition coefficient (Wildman–Crippen LogP) is 1.28. The zero-order chi connectivity index (χ0) is 15.4. The molecule has 2 amide bonds. The number of carbonyl (C=O) groups excluding carboxylic acids is 2. The Morgan fingerprint density at radius 2 is 2.10 bits per heavy atom. The molecule has 0 aliphatic carbocycles. The molecule has 1 fully saturated rings. The number of hydrogen-bond donors (Lipinski definition) is 1. The first kappa shape index (κ1) is 15.5. The number of rotatable bonds is 5. The van der Waals surface area contributed by atoms with Crippen LogP contribution in [-0.4, -0.2) is 41.2 Å². The van der Waals surface area contributed by atoms with Crippen LogP contribution in [0.2, 0.25) is 0 Å². The van der Waals surface area contributed by atoms with E-state index in [1.54, 1.807) is 24.3 Å². The lowest BCUT2D eigenvalue weighted by molar-refractivity contribution is -0.119. The maximum absolute atomic E-state index is 11.8. The van der Waals surface area contributed by atoms with Crippen LogP contribution in [0, 0.1) is 0 Å². The minimum atomic E-state index is -1.01. The van der Waals surface area contributed by atoms with Gasteiger partial charge in [-0.2, -0.15) is 0 Å². The number of nitrogens with zero attached hydrogens (tertiary/aromatic N) is 1. The highest BCUT2D eigenvalue weighted by Gasteiger charge is 2.32. The molecular weight excluding hydrogens is 292 g/mol. The molecule has 114 valence electrons. The molecule has 0 spiro atoms. The van der Waals surface area contributed by atoms with Crippen LogP contribution in [0.3, 0.4) is 0 Å². The number of ether oxygens (including phenoxy) is 1. The Hall–Kier alpha value is -1.89. The fourth-order valence-electron chi connectivity index (χ4n) is 2.04. The van der Waals surface area contributed by atoms with Gasteiger partial charge in [-0.1, -0.05) is 6.92 Å². The summed E-state index contributed by atoms with van der Waals surface area (Å²) in [7, 11) is -1.01. The van der Waals surface area contributed by atoms with Gasteiger partial charge >= 0.3 is 6.09 Å². The molecule has 1 saturated heterocycles. The zero-order valence-corrected chi connectivity index (χ0v) is 12.8. The van der Waals surface area contributed by atoms with Crippen molar-refractivity contribution in [3.8, 4) is 0 Å². The molecule has 1 N–H and O–H groups in total. The van der Waals surface area contributed by atoms with Crippen molar-refractivity contribution >= 4 is 28.5 Å². The summed E-state index contributed by atoms with van der Waals surface area (Å²) in [6, 6.07) is 7.02. The molecule has 1 heterocycles. The van der Waals surface area contributed by atoms with Crippen LogP contribution in [0.5, 0.6) is 0 Å². The second-order valence-corrected chi connectivity index (χ2v) is 6.42. The molecule has 0 aromatic heterocycles. The Balaban J connectivity index is 2.03. The summed E-state index contributed by atoms with van der Waals surface area (Å²) in [5.41, 5.74) is 0.696. The monoisotopic (exact) mass is 310 g/mol. The van der Waals surface area contributed by atoms with Gasteiger partial charge in [0.05, 0.1) is 23.9 Å². The normalized spacial score (nSPS) is 19.2. The van der Waals surface area contributed by atoms with E-state index in [1.807, 2.05) is 6.92 Å². The molecule has 0 bridgehead atoms. The molecule has 7 heteroatoms. The van der Waals surface area contributed by atoms with E-state index >= 15 is 0 Å². The molecule has 21 heavy (non-hydrogen) atoms. The quantitative estimate of drug-likeness (QED) is 0.889. The van der Waals surface area contributed by atoms with Gasteiger partial charge in [0.25, 0.3) is 0 Å². The minimum Gasteiger partial charge on any atom is -0.442 e. The first-order valence-corrected chi connectivity index (χ1v) is 8.04. The van der Waals surface area contributed by atoms with Crippen molar-refractivity contribution in [3.05, 3.63) is 24.3 Å². The first-order chi connectivity index (χ1) is 10.0. The molecule has 1 aliphatic rings. The fraction of sp³-hybridized carbons (Fsp3) is 0.429. The van der Waals surface area contributed by atoms with Gasteiger partial charge in [-0.05, 0) is 24.3 Å². The molecule has 0 radical (unpaired) electrons. The SMILES string of the molecule is CCS(=O)c1ccc(N2C[C@H](CNC(C)=O)OC2=O)cc1. The molecule has 2 rings (SSSR count). The number of cyclic esters (lactones) is 1. The lowest BCUT2D eigenvalue weighted by Gasteiger charge is -2.13. The summed E-state index contributed by atoms with van der Waals surface area (Å²) in [5, 5.41) is 2.63. The highest BCUT2D eigenvalue weighted by molar-refractivity contribution is 7.85. The van der Waals surface area contributed by atoms with E-state index in [9.17, 15) is 13.8 Å². The second-order valence-electron chi connectivity index (χ2n) is 4.68. The maximum atomic E-state index is 11.8. The molecule has 1 unspecified atom stereocenters. The van der Waals surface area contributed by atoms with Crippen LogP contribution in [-0.2, 0) is 20.3 Å². The minimum absolute atomic E-state index is 0.157. The molecule has 1 aromatic rings. The third-order valence-electron chi connectivity index (χ3n) is 3.13. The van der Waals surface area contributed by atoms with Gasteiger partial charge in [-0.25, -0.2) is 4.79 Å². The van der Waals surface area contributed by atoms with E-state index in [0.29, 0.717) is 24.5 Å². The standard InChI is InChI=1S/C14H18N2O4S/c1-3-21(19)13-6-4-11(5-7-13)16-9-12(20-14(16)18)8-15-10(2)17/h4-7,12H,3,8-9H2,1-2H3,(H,15,17)/t12-,21?/m0/s1. The zero-order valence-electron chi connectivity index (χ0n) is 12.0. The summed E-state index contributed by atoms with van der Waals surface area (Å²) in [6.07, 6.45) is -0.791. The Morgan fingerprint density at radius 1 is 1.43 bits per heavy atom. The van der Waals surface area contributed by atoms with Gasteiger partial charge in [0.15, 0.2) is 0 Å².